The summed E-state index contributed by atoms with van der Waals surface area (Å²) in [6.45, 7) is 10.9. The molecule has 1 aromatic heterocycles. The number of nitrogens with one attached hydrogen (secondary N) is 3. The van der Waals surface area contributed by atoms with Crippen molar-refractivity contribution in [1.82, 2.24) is 10.6 Å². The molecule has 8 heteroatoms. The fourth-order valence-corrected chi connectivity index (χ4v) is 3.17. The second-order valence-corrected chi connectivity index (χ2v) is 7.64. The summed E-state index contributed by atoms with van der Waals surface area (Å²) >= 11 is 0. The predicted octanol–water partition coefficient (Wildman–Crippen LogP) is 4.22. The van der Waals surface area contributed by atoms with E-state index in [4.69, 9.17) is 4.42 Å². The fraction of sp³-hybridized carbons (Fsp3) is 0.478. The molecule has 0 aliphatic carbocycles. The monoisotopic (exact) mass is 542 g/mol. The van der Waals surface area contributed by atoms with Crippen LogP contribution in [0.15, 0.2) is 39.7 Å². The summed E-state index contributed by atoms with van der Waals surface area (Å²) < 4.78 is 5.55. The second kappa shape index (κ2) is 12.7. The van der Waals surface area contributed by atoms with Crippen LogP contribution >= 0.6 is 24.0 Å². The highest BCUT2D eigenvalue weighted by Gasteiger charge is 2.27. The molecule has 4 N–H and O–H groups in total. The molecule has 0 bridgehead atoms. The molecule has 2 aromatic rings. The van der Waals surface area contributed by atoms with Gasteiger partial charge in [-0.2, -0.15) is 0 Å². The van der Waals surface area contributed by atoms with Crippen LogP contribution in [0, 0.1) is 13.8 Å². The summed E-state index contributed by atoms with van der Waals surface area (Å²) in [6, 6.07) is 9.52. The van der Waals surface area contributed by atoms with E-state index in [0.29, 0.717) is 37.8 Å². The van der Waals surface area contributed by atoms with Crippen molar-refractivity contribution >= 4 is 41.5 Å². The number of aliphatic hydroxyl groups is 1. The summed E-state index contributed by atoms with van der Waals surface area (Å²) in [5, 5.41) is 20.2. The SMILES string of the molecule is CCCC(=O)Nc1ccc(CN=C(NCC)NCC(C)(O)c2cc(C)oc2C)cc1.I. The number of carbonyl (C=O) groups excluding carboxylic acids is 1. The van der Waals surface area contributed by atoms with Gasteiger partial charge >= 0.3 is 0 Å². The van der Waals surface area contributed by atoms with Crippen LogP contribution in [-0.2, 0) is 16.9 Å². The molecule has 1 heterocycles. The van der Waals surface area contributed by atoms with Crippen molar-refractivity contribution in [3.63, 3.8) is 0 Å². The maximum atomic E-state index is 11.7. The zero-order chi connectivity index (χ0) is 22.1. The van der Waals surface area contributed by atoms with Gasteiger partial charge in [0.15, 0.2) is 5.96 Å². The molecule has 0 aliphatic rings. The molecule has 0 saturated heterocycles. The van der Waals surface area contributed by atoms with Gasteiger partial charge in [-0.25, -0.2) is 4.99 Å². The Morgan fingerprint density at radius 1 is 1.16 bits per heavy atom. The second-order valence-electron chi connectivity index (χ2n) is 7.64. The van der Waals surface area contributed by atoms with E-state index in [1.165, 1.54) is 0 Å². The van der Waals surface area contributed by atoms with Gasteiger partial charge < -0.3 is 25.5 Å². The van der Waals surface area contributed by atoms with Crippen LogP contribution < -0.4 is 16.0 Å². The van der Waals surface area contributed by atoms with Crippen molar-refractivity contribution in [3.8, 4) is 0 Å². The normalized spacial score (nSPS) is 13.2. The predicted molar refractivity (Wildman–Crippen MR) is 136 cm³/mol. The highest BCUT2D eigenvalue weighted by molar-refractivity contribution is 14.0. The number of furan rings is 1. The summed E-state index contributed by atoms with van der Waals surface area (Å²) in [5.41, 5.74) is 1.49. The Morgan fingerprint density at radius 3 is 2.39 bits per heavy atom. The molecule has 172 valence electrons. The number of aliphatic imine (C=N–C) groups is 1. The topological polar surface area (TPSA) is 98.9 Å². The van der Waals surface area contributed by atoms with Crippen LogP contribution in [0.1, 0.15) is 56.3 Å². The number of guanidine groups is 1. The lowest BCUT2D eigenvalue weighted by Gasteiger charge is -2.24. The van der Waals surface area contributed by atoms with Crippen LogP contribution in [-0.4, -0.2) is 30.1 Å². The van der Waals surface area contributed by atoms with Gasteiger partial charge in [0.25, 0.3) is 0 Å². The highest BCUT2D eigenvalue weighted by Crippen LogP contribution is 2.26. The third kappa shape index (κ3) is 8.53. The number of halogens is 1. The van der Waals surface area contributed by atoms with E-state index in [2.05, 4.69) is 20.9 Å². The Kier molecular flexibility index (Phi) is 11.1. The van der Waals surface area contributed by atoms with Crippen molar-refractivity contribution in [2.45, 2.75) is 59.6 Å². The molecular formula is C23H35IN4O3. The lowest BCUT2D eigenvalue weighted by molar-refractivity contribution is -0.116. The first-order chi connectivity index (χ1) is 14.2. The molecule has 31 heavy (non-hydrogen) atoms. The van der Waals surface area contributed by atoms with E-state index in [1.807, 2.05) is 58.0 Å². The van der Waals surface area contributed by atoms with Crippen LogP contribution in [0.4, 0.5) is 5.69 Å². The smallest absolute Gasteiger partial charge is 0.224 e. The van der Waals surface area contributed by atoms with E-state index >= 15 is 0 Å². The average molecular weight is 542 g/mol. The number of rotatable bonds is 9. The maximum Gasteiger partial charge on any atom is 0.224 e. The van der Waals surface area contributed by atoms with Crippen molar-refractivity contribution in [2.24, 2.45) is 4.99 Å². The van der Waals surface area contributed by atoms with Gasteiger partial charge in [0.2, 0.25) is 5.91 Å². The Hall–Kier alpha value is -2.07. The van der Waals surface area contributed by atoms with Crippen LogP contribution in [0.25, 0.3) is 0 Å². The van der Waals surface area contributed by atoms with Crippen LogP contribution in [0.3, 0.4) is 0 Å². The molecule has 0 aliphatic heterocycles. The van der Waals surface area contributed by atoms with Crippen molar-refractivity contribution in [3.05, 3.63) is 53.0 Å². The molecule has 1 unspecified atom stereocenters. The Balaban J connectivity index is 0.00000480. The van der Waals surface area contributed by atoms with Gasteiger partial charge in [0.1, 0.15) is 17.1 Å². The van der Waals surface area contributed by atoms with Crippen LogP contribution in [0.2, 0.25) is 0 Å². The third-order valence-electron chi connectivity index (χ3n) is 4.70. The molecule has 1 atom stereocenters. The Bertz CT molecular complexity index is 860. The van der Waals surface area contributed by atoms with E-state index in [0.717, 1.165) is 29.0 Å². The first-order valence-corrected chi connectivity index (χ1v) is 10.5. The van der Waals surface area contributed by atoms with Gasteiger partial charge in [-0.15, -0.1) is 24.0 Å². The zero-order valence-corrected chi connectivity index (χ0v) is 21.4. The molecule has 1 amide bonds. The average Bonchev–Trinajstić information content (AvgIpc) is 3.04. The van der Waals surface area contributed by atoms with E-state index < -0.39 is 5.60 Å². The molecule has 0 fully saturated rings. The maximum absolute atomic E-state index is 11.7. The van der Waals surface area contributed by atoms with Crippen molar-refractivity contribution in [1.29, 1.82) is 0 Å². The first kappa shape index (κ1) is 27.0. The zero-order valence-electron chi connectivity index (χ0n) is 19.0. The van der Waals surface area contributed by atoms with Gasteiger partial charge in [0.05, 0.1) is 13.1 Å². The number of aryl methyl sites for hydroxylation is 2. The summed E-state index contributed by atoms with van der Waals surface area (Å²) in [4.78, 5) is 16.3. The van der Waals surface area contributed by atoms with Crippen LogP contribution in [0.5, 0.6) is 0 Å². The largest absolute Gasteiger partial charge is 0.466 e. The third-order valence-corrected chi connectivity index (χ3v) is 4.70. The van der Waals surface area contributed by atoms with E-state index in [9.17, 15) is 9.90 Å². The Labute approximate surface area is 202 Å². The number of hydrogen-bond acceptors (Lipinski definition) is 4. The minimum absolute atomic E-state index is 0. The number of nitrogens with zero attached hydrogens (tertiary/aromatic N) is 1. The lowest BCUT2D eigenvalue weighted by atomic mass is 9.96. The molecule has 0 spiro atoms. The van der Waals surface area contributed by atoms with Crippen molar-refractivity contribution < 1.29 is 14.3 Å². The number of benzene rings is 1. The molecule has 0 radical (unpaired) electrons. The summed E-state index contributed by atoms with van der Waals surface area (Å²) in [7, 11) is 0. The minimum Gasteiger partial charge on any atom is -0.466 e. The lowest BCUT2D eigenvalue weighted by Crippen LogP contribution is -2.44. The quantitative estimate of drug-likeness (QED) is 0.216. The number of anilines is 1. The fourth-order valence-electron chi connectivity index (χ4n) is 3.17. The number of carbonyl (C=O) groups is 1. The van der Waals surface area contributed by atoms with E-state index in [-0.39, 0.29) is 29.9 Å². The number of amides is 1. The molecule has 2 rings (SSSR count). The Morgan fingerprint density at radius 2 is 1.84 bits per heavy atom. The first-order valence-electron chi connectivity index (χ1n) is 10.5. The molecule has 1 aromatic carbocycles. The molecular weight excluding hydrogens is 507 g/mol. The highest BCUT2D eigenvalue weighted by atomic mass is 127. The number of hydrogen-bond donors (Lipinski definition) is 4. The standard InChI is InChI=1S/C23H34N4O3.HI/c1-6-8-21(28)27-19-11-9-18(10-12-19)14-25-22(24-7-2)26-15-23(5,29)20-13-16(3)30-17(20)4;/h9-13,29H,6-8,14-15H2,1-5H3,(H,27,28)(H2,24,25,26);1H. The van der Waals surface area contributed by atoms with Gasteiger partial charge in [-0.1, -0.05) is 19.1 Å². The minimum atomic E-state index is -1.09. The van der Waals surface area contributed by atoms with Crippen molar-refractivity contribution in [2.75, 3.05) is 18.4 Å². The van der Waals surface area contributed by atoms with Gasteiger partial charge in [-0.3, -0.25) is 4.79 Å². The van der Waals surface area contributed by atoms with Gasteiger partial charge in [-0.05, 0) is 57.9 Å². The van der Waals surface area contributed by atoms with Gasteiger partial charge in [0, 0.05) is 24.2 Å². The molecule has 7 nitrogen and oxygen atoms in total. The van der Waals surface area contributed by atoms with E-state index in [1.54, 1.807) is 6.92 Å². The summed E-state index contributed by atoms with van der Waals surface area (Å²) in [6.07, 6.45) is 1.34. The molecule has 0 saturated carbocycles. The summed E-state index contributed by atoms with van der Waals surface area (Å²) in [5.74, 6) is 2.14.